The molecule has 0 aliphatic heterocycles. The Morgan fingerprint density at radius 1 is 1.10 bits per heavy atom. The van der Waals surface area contributed by atoms with Gasteiger partial charge < -0.3 is 15.5 Å². The highest BCUT2D eigenvalue weighted by Crippen LogP contribution is 2.38. The number of carboxylic acid groups (broad SMARTS) is 1. The van der Waals surface area contributed by atoms with Crippen molar-refractivity contribution in [3.63, 3.8) is 0 Å². The van der Waals surface area contributed by atoms with Crippen molar-refractivity contribution >= 4 is 17.6 Å². The molecule has 0 bridgehead atoms. The Morgan fingerprint density at radius 3 is 2.58 bits per heavy atom. The molecule has 1 aromatic carbocycles. The molecule has 2 aliphatic carbocycles. The maximum absolute atomic E-state index is 12.0. The number of hydrogen-bond donors (Lipinski definition) is 3. The van der Waals surface area contributed by atoms with E-state index in [-0.39, 0.29) is 0 Å². The fourth-order valence-corrected chi connectivity index (χ4v) is 5.16. The summed E-state index contributed by atoms with van der Waals surface area (Å²) in [7, 11) is 0. The van der Waals surface area contributed by atoms with E-state index >= 15 is 0 Å². The van der Waals surface area contributed by atoms with E-state index in [1.807, 2.05) is 19.1 Å². The topological polar surface area (TPSA) is 99.5 Å². The summed E-state index contributed by atoms with van der Waals surface area (Å²) in [6, 6.07) is 5.65. The van der Waals surface area contributed by atoms with E-state index < -0.39 is 18.3 Å². The van der Waals surface area contributed by atoms with Gasteiger partial charge in [-0.1, -0.05) is 19.3 Å². The monoisotopic (exact) mass is 422 g/mol. The number of rotatable bonds is 6. The number of aromatic hydroxyl groups is 1. The number of fused-ring (bicyclic) bond motifs is 1. The van der Waals surface area contributed by atoms with E-state index in [0.717, 1.165) is 60.3 Å². The molecular weight excluding hydrogens is 392 g/mol. The predicted molar refractivity (Wildman–Crippen MR) is 119 cm³/mol. The van der Waals surface area contributed by atoms with Crippen molar-refractivity contribution in [2.75, 3.05) is 5.32 Å². The molecule has 2 aliphatic rings. The quantitative estimate of drug-likeness (QED) is 0.589. The van der Waals surface area contributed by atoms with Crippen LogP contribution in [0.15, 0.2) is 18.2 Å². The van der Waals surface area contributed by atoms with Crippen LogP contribution in [-0.4, -0.2) is 27.1 Å². The highest BCUT2D eigenvalue weighted by molar-refractivity contribution is 6.01. The molecule has 1 amide bonds. The van der Waals surface area contributed by atoms with Gasteiger partial charge in [0, 0.05) is 23.7 Å². The van der Waals surface area contributed by atoms with Crippen LogP contribution in [0.4, 0.5) is 5.69 Å². The standard InChI is InChI=1S/C25H30N2O4/c1-15-12-21(27-23(29)14-24(30)31)19-9-5-8-18(19)20(15)13-17-10-11-22(28)25(26-17)16-6-3-2-4-7-16/h10-12,16,28H,2-9,13-14H2,1H3,(H,27,29)(H,30,31). The first-order chi connectivity index (χ1) is 14.9. The Labute approximate surface area is 182 Å². The summed E-state index contributed by atoms with van der Waals surface area (Å²) >= 11 is 0. The van der Waals surface area contributed by atoms with Crippen LogP contribution >= 0.6 is 0 Å². The van der Waals surface area contributed by atoms with Crippen LogP contribution < -0.4 is 5.32 Å². The Bertz CT molecular complexity index is 1010. The maximum Gasteiger partial charge on any atom is 0.312 e. The number of pyridine rings is 1. The second-order valence-corrected chi connectivity index (χ2v) is 8.87. The minimum absolute atomic E-state index is 0.300. The minimum Gasteiger partial charge on any atom is -0.506 e. The van der Waals surface area contributed by atoms with Gasteiger partial charge in [0.05, 0.1) is 5.69 Å². The lowest BCUT2D eigenvalue weighted by molar-refractivity contribution is -0.139. The smallest absolute Gasteiger partial charge is 0.312 e. The third kappa shape index (κ3) is 4.73. The van der Waals surface area contributed by atoms with Gasteiger partial charge in [0.2, 0.25) is 5.91 Å². The average molecular weight is 423 g/mol. The molecule has 0 radical (unpaired) electrons. The lowest BCUT2D eigenvalue weighted by atomic mass is 9.86. The first kappa shape index (κ1) is 21.3. The van der Waals surface area contributed by atoms with Gasteiger partial charge in [-0.2, -0.15) is 0 Å². The molecule has 1 heterocycles. The van der Waals surface area contributed by atoms with E-state index in [9.17, 15) is 14.7 Å². The number of anilines is 1. The molecule has 4 rings (SSSR count). The molecule has 1 fully saturated rings. The van der Waals surface area contributed by atoms with E-state index in [2.05, 4.69) is 5.32 Å². The van der Waals surface area contributed by atoms with E-state index in [1.165, 1.54) is 30.4 Å². The van der Waals surface area contributed by atoms with Crippen LogP contribution in [-0.2, 0) is 28.9 Å². The number of benzene rings is 1. The van der Waals surface area contributed by atoms with Crippen molar-refractivity contribution in [2.45, 2.75) is 77.0 Å². The first-order valence-corrected chi connectivity index (χ1v) is 11.3. The molecule has 6 heteroatoms. The van der Waals surface area contributed by atoms with Gasteiger partial charge in [-0.25, -0.2) is 0 Å². The predicted octanol–water partition coefficient (Wildman–Crippen LogP) is 4.64. The summed E-state index contributed by atoms with van der Waals surface area (Å²) in [5.74, 6) is -0.984. The third-order valence-electron chi connectivity index (χ3n) is 6.64. The minimum atomic E-state index is -1.13. The summed E-state index contributed by atoms with van der Waals surface area (Å²) in [6.45, 7) is 2.03. The first-order valence-electron chi connectivity index (χ1n) is 11.3. The van der Waals surface area contributed by atoms with E-state index in [0.29, 0.717) is 18.1 Å². The van der Waals surface area contributed by atoms with E-state index in [1.54, 1.807) is 6.07 Å². The maximum atomic E-state index is 12.0. The second-order valence-electron chi connectivity index (χ2n) is 8.87. The zero-order valence-corrected chi connectivity index (χ0v) is 18.0. The van der Waals surface area contributed by atoms with Crippen molar-refractivity contribution in [3.05, 3.63) is 51.8 Å². The van der Waals surface area contributed by atoms with Gasteiger partial charge in [0.15, 0.2) is 0 Å². The number of aliphatic carboxylic acids is 1. The van der Waals surface area contributed by atoms with Crippen molar-refractivity contribution in [1.82, 2.24) is 4.98 Å². The van der Waals surface area contributed by atoms with Crippen molar-refractivity contribution < 1.29 is 19.8 Å². The van der Waals surface area contributed by atoms with Crippen LogP contribution in [0.25, 0.3) is 0 Å². The summed E-state index contributed by atoms with van der Waals surface area (Å²) in [6.07, 6.45) is 8.82. The lowest BCUT2D eigenvalue weighted by Crippen LogP contribution is -2.17. The Hall–Kier alpha value is -2.89. The SMILES string of the molecule is Cc1cc(NC(=O)CC(=O)O)c2c(c1Cc1ccc(O)c(C3CCCCC3)n1)CCC2. The van der Waals surface area contributed by atoms with Gasteiger partial charge in [-0.3, -0.25) is 14.6 Å². The Morgan fingerprint density at radius 2 is 1.84 bits per heavy atom. The molecule has 0 saturated heterocycles. The number of hydrogen-bond acceptors (Lipinski definition) is 4. The van der Waals surface area contributed by atoms with Gasteiger partial charge in [0.1, 0.15) is 12.2 Å². The van der Waals surface area contributed by atoms with Gasteiger partial charge in [0.25, 0.3) is 0 Å². The summed E-state index contributed by atoms with van der Waals surface area (Å²) in [5.41, 5.74) is 7.20. The highest BCUT2D eigenvalue weighted by atomic mass is 16.4. The number of carboxylic acids is 1. The van der Waals surface area contributed by atoms with Crippen LogP contribution in [0.2, 0.25) is 0 Å². The van der Waals surface area contributed by atoms with Crippen LogP contribution in [0, 0.1) is 6.92 Å². The van der Waals surface area contributed by atoms with Crippen LogP contribution in [0.1, 0.15) is 84.5 Å². The second kappa shape index (κ2) is 9.08. The summed E-state index contributed by atoms with van der Waals surface area (Å²) in [4.78, 5) is 27.7. The number of nitrogens with one attached hydrogen (secondary N) is 1. The van der Waals surface area contributed by atoms with Crippen molar-refractivity contribution in [2.24, 2.45) is 0 Å². The zero-order chi connectivity index (χ0) is 22.0. The summed E-state index contributed by atoms with van der Waals surface area (Å²) in [5, 5.41) is 22.1. The average Bonchev–Trinajstić information content (AvgIpc) is 3.22. The van der Waals surface area contributed by atoms with Gasteiger partial charge in [-0.15, -0.1) is 0 Å². The molecule has 6 nitrogen and oxygen atoms in total. The molecule has 164 valence electrons. The molecule has 0 unspecified atom stereocenters. The molecular formula is C25H30N2O4. The molecule has 31 heavy (non-hydrogen) atoms. The van der Waals surface area contributed by atoms with Gasteiger partial charge >= 0.3 is 5.97 Å². The Kier molecular flexibility index (Phi) is 6.25. The number of carbonyl (C=O) groups excluding carboxylic acids is 1. The number of aromatic nitrogens is 1. The number of carbonyl (C=O) groups is 2. The largest absolute Gasteiger partial charge is 0.506 e. The number of nitrogens with zero attached hydrogens (tertiary/aromatic N) is 1. The number of amides is 1. The summed E-state index contributed by atoms with van der Waals surface area (Å²) < 4.78 is 0. The molecule has 0 spiro atoms. The van der Waals surface area contributed by atoms with Crippen molar-refractivity contribution in [1.29, 1.82) is 0 Å². The molecule has 1 saturated carbocycles. The molecule has 2 aromatic rings. The zero-order valence-electron chi connectivity index (χ0n) is 18.0. The molecule has 3 N–H and O–H groups in total. The van der Waals surface area contributed by atoms with Crippen LogP contribution in [0.3, 0.4) is 0 Å². The fourth-order valence-electron chi connectivity index (χ4n) is 5.16. The van der Waals surface area contributed by atoms with Gasteiger partial charge in [-0.05, 0) is 79.5 Å². The molecule has 0 atom stereocenters. The highest BCUT2D eigenvalue weighted by Gasteiger charge is 2.24. The fraction of sp³-hybridized carbons (Fsp3) is 0.480. The normalized spacial score (nSPS) is 16.2. The lowest BCUT2D eigenvalue weighted by Gasteiger charge is -2.22. The van der Waals surface area contributed by atoms with Crippen LogP contribution in [0.5, 0.6) is 5.75 Å². The van der Waals surface area contributed by atoms with E-state index in [4.69, 9.17) is 10.1 Å². The van der Waals surface area contributed by atoms with Crippen molar-refractivity contribution in [3.8, 4) is 5.75 Å². The molecule has 1 aromatic heterocycles. The third-order valence-corrected chi connectivity index (χ3v) is 6.64. The Balaban J connectivity index is 1.61. The number of aryl methyl sites for hydroxylation is 1.